The molecule has 1 saturated heterocycles. The first-order valence-corrected chi connectivity index (χ1v) is 7.33. The summed E-state index contributed by atoms with van der Waals surface area (Å²) in [5.74, 6) is 1.49. The maximum Gasteiger partial charge on any atom is 0.257 e. The first kappa shape index (κ1) is 17.8. The Morgan fingerprint density at radius 3 is 2.62 bits per heavy atom. The molecule has 0 unspecified atom stereocenters. The topological polar surface area (TPSA) is 41.6 Å². The van der Waals surface area contributed by atoms with Crippen LogP contribution in [0.1, 0.15) is 29.6 Å². The van der Waals surface area contributed by atoms with Gasteiger partial charge >= 0.3 is 0 Å². The van der Waals surface area contributed by atoms with Crippen molar-refractivity contribution >= 4 is 18.3 Å². The first-order valence-electron chi connectivity index (χ1n) is 7.33. The van der Waals surface area contributed by atoms with Crippen LogP contribution in [0.4, 0.5) is 0 Å². The Morgan fingerprint density at radius 1 is 1.33 bits per heavy atom. The van der Waals surface area contributed by atoms with Gasteiger partial charge in [-0.15, -0.1) is 12.4 Å². The number of halogens is 1. The summed E-state index contributed by atoms with van der Waals surface area (Å²) in [6.45, 7) is 2.77. The van der Waals surface area contributed by atoms with E-state index in [-0.39, 0.29) is 18.3 Å². The average molecular weight is 313 g/mol. The summed E-state index contributed by atoms with van der Waals surface area (Å²) in [5.41, 5.74) is 0.670. The zero-order chi connectivity index (χ0) is 14.4. The van der Waals surface area contributed by atoms with Gasteiger partial charge in [0.15, 0.2) is 0 Å². The molecule has 1 fully saturated rings. The number of likely N-dealkylation sites (tertiary alicyclic amines) is 1. The lowest BCUT2D eigenvalue weighted by molar-refractivity contribution is 0.0684. The molecule has 1 aromatic rings. The second-order valence-corrected chi connectivity index (χ2v) is 5.33. The highest BCUT2D eigenvalue weighted by molar-refractivity contribution is 5.97. The van der Waals surface area contributed by atoms with Gasteiger partial charge in [0.1, 0.15) is 5.75 Å². The van der Waals surface area contributed by atoms with Crippen molar-refractivity contribution < 1.29 is 9.53 Å². The Bertz CT molecular complexity index is 446. The SMILES string of the molecule is CNCCC1CCN(C(=O)c2ccccc2OC)CC1.Cl. The Balaban J connectivity index is 0.00000220. The molecule has 1 N–H and O–H groups in total. The van der Waals surface area contributed by atoms with Gasteiger partial charge in [0.05, 0.1) is 12.7 Å². The third kappa shape index (κ3) is 4.61. The van der Waals surface area contributed by atoms with Gasteiger partial charge in [0, 0.05) is 13.1 Å². The van der Waals surface area contributed by atoms with Crippen molar-refractivity contribution in [2.75, 3.05) is 33.8 Å². The lowest BCUT2D eigenvalue weighted by Crippen LogP contribution is -2.39. The second-order valence-electron chi connectivity index (χ2n) is 5.33. The number of nitrogens with one attached hydrogen (secondary N) is 1. The minimum atomic E-state index is 0. The summed E-state index contributed by atoms with van der Waals surface area (Å²) in [6.07, 6.45) is 3.40. The third-order valence-electron chi connectivity index (χ3n) is 4.04. The number of hydrogen-bond acceptors (Lipinski definition) is 3. The molecule has 2 rings (SSSR count). The molecule has 1 aromatic carbocycles. The summed E-state index contributed by atoms with van der Waals surface area (Å²) in [5, 5.41) is 3.19. The van der Waals surface area contributed by atoms with E-state index in [1.165, 1.54) is 6.42 Å². The average Bonchev–Trinajstić information content (AvgIpc) is 2.52. The zero-order valence-electron chi connectivity index (χ0n) is 12.8. The molecular weight excluding hydrogens is 288 g/mol. The Labute approximate surface area is 133 Å². The van der Waals surface area contributed by atoms with Crippen molar-refractivity contribution in [1.82, 2.24) is 10.2 Å². The standard InChI is InChI=1S/C16H24N2O2.ClH/c1-17-10-7-13-8-11-18(12-9-13)16(19)14-5-3-4-6-15(14)20-2;/h3-6,13,17H,7-12H2,1-2H3;1H. The quantitative estimate of drug-likeness (QED) is 0.908. The fraction of sp³-hybridized carbons (Fsp3) is 0.562. The summed E-state index contributed by atoms with van der Waals surface area (Å²) < 4.78 is 5.28. The highest BCUT2D eigenvalue weighted by Gasteiger charge is 2.24. The van der Waals surface area contributed by atoms with Crippen molar-refractivity contribution in [2.24, 2.45) is 5.92 Å². The van der Waals surface area contributed by atoms with Crippen LogP contribution in [0.3, 0.4) is 0 Å². The van der Waals surface area contributed by atoms with Gasteiger partial charge in [-0.05, 0) is 50.9 Å². The maximum absolute atomic E-state index is 12.5. The van der Waals surface area contributed by atoms with Crippen LogP contribution in [0, 0.1) is 5.92 Å². The van der Waals surface area contributed by atoms with Gasteiger partial charge in [-0.3, -0.25) is 4.79 Å². The van der Waals surface area contributed by atoms with Gasteiger partial charge in [-0.2, -0.15) is 0 Å². The molecule has 0 atom stereocenters. The number of nitrogens with zero attached hydrogens (tertiary/aromatic N) is 1. The highest BCUT2D eigenvalue weighted by atomic mass is 35.5. The Hall–Kier alpha value is -1.26. The van der Waals surface area contributed by atoms with Crippen molar-refractivity contribution in [2.45, 2.75) is 19.3 Å². The van der Waals surface area contributed by atoms with E-state index >= 15 is 0 Å². The van der Waals surface area contributed by atoms with E-state index in [4.69, 9.17) is 4.74 Å². The molecule has 0 radical (unpaired) electrons. The number of para-hydroxylation sites is 1. The molecule has 1 aliphatic rings. The van der Waals surface area contributed by atoms with Crippen LogP contribution < -0.4 is 10.1 Å². The number of carbonyl (C=O) groups is 1. The van der Waals surface area contributed by atoms with Crippen molar-refractivity contribution in [3.05, 3.63) is 29.8 Å². The van der Waals surface area contributed by atoms with Gasteiger partial charge in [-0.25, -0.2) is 0 Å². The number of rotatable bonds is 5. The van der Waals surface area contributed by atoms with E-state index < -0.39 is 0 Å². The number of hydrogen-bond donors (Lipinski definition) is 1. The molecule has 118 valence electrons. The van der Waals surface area contributed by atoms with Crippen molar-refractivity contribution in [1.29, 1.82) is 0 Å². The van der Waals surface area contributed by atoms with E-state index in [2.05, 4.69) is 5.32 Å². The predicted octanol–water partition coefficient (Wildman–Crippen LogP) is 2.58. The van der Waals surface area contributed by atoms with Crippen LogP contribution in [0.2, 0.25) is 0 Å². The van der Waals surface area contributed by atoms with E-state index in [0.717, 1.165) is 38.4 Å². The van der Waals surface area contributed by atoms with E-state index in [1.807, 2.05) is 36.2 Å². The van der Waals surface area contributed by atoms with Crippen LogP contribution in [-0.2, 0) is 0 Å². The van der Waals surface area contributed by atoms with Gasteiger partial charge in [-0.1, -0.05) is 12.1 Å². The number of benzene rings is 1. The van der Waals surface area contributed by atoms with E-state index in [9.17, 15) is 4.79 Å². The van der Waals surface area contributed by atoms with E-state index in [1.54, 1.807) is 7.11 Å². The molecule has 21 heavy (non-hydrogen) atoms. The molecule has 0 bridgehead atoms. The number of piperidine rings is 1. The minimum absolute atomic E-state index is 0. The molecule has 1 aliphatic heterocycles. The van der Waals surface area contributed by atoms with Gasteiger partial charge in [0.2, 0.25) is 0 Å². The van der Waals surface area contributed by atoms with Crippen molar-refractivity contribution in [3.63, 3.8) is 0 Å². The van der Waals surface area contributed by atoms with Gasteiger partial charge in [0.25, 0.3) is 5.91 Å². The minimum Gasteiger partial charge on any atom is -0.496 e. The molecule has 1 heterocycles. The second kappa shape index (κ2) is 8.90. The zero-order valence-corrected chi connectivity index (χ0v) is 13.6. The smallest absolute Gasteiger partial charge is 0.257 e. The van der Waals surface area contributed by atoms with Crippen molar-refractivity contribution in [3.8, 4) is 5.75 Å². The molecule has 0 aliphatic carbocycles. The number of methoxy groups -OCH3 is 1. The van der Waals surface area contributed by atoms with Crippen LogP contribution in [0.25, 0.3) is 0 Å². The summed E-state index contributed by atoms with van der Waals surface area (Å²) in [7, 11) is 3.59. The van der Waals surface area contributed by atoms with Crippen LogP contribution in [-0.4, -0.2) is 44.6 Å². The third-order valence-corrected chi connectivity index (χ3v) is 4.04. The molecule has 5 heteroatoms. The highest BCUT2D eigenvalue weighted by Crippen LogP contribution is 2.24. The molecule has 0 aromatic heterocycles. The number of ether oxygens (including phenoxy) is 1. The maximum atomic E-state index is 12.5. The summed E-state index contributed by atoms with van der Waals surface area (Å²) >= 11 is 0. The van der Waals surface area contributed by atoms with Crippen LogP contribution >= 0.6 is 12.4 Å². The largest absolute Gasteiger partial charge is 0.496 e. The molecule has 1 amide bonds. The monoisotopic (exact) mass is 312 g/mol. The first-order chi connectivity index (χ1) is 9.76. The molecular formula is C16H25ClN2O2. The number of amides is 1. The normalized spacial score (nSPS) is 15.4. The Kier molecular flexibility index (Phi) is 7.54. The van der Waals surface area contributed by atoms with E-state index in [0.29, 0.717) is 11.3 Å². The fourth-order valence-corrected chi connectivity index (χ4v) is 2.76. The van der Waals surface area contributed by atoms with Gasteiger partial charge < -0.3 is 15.0 Å². The van der Waals surface area contributed by atoms with Crippen LogP contribution in [0.15, 0.2) is 24.3 Å². The summed E-state index contributed by atoms with van der Waals surface area (Å²) in [4.78, 5) is 14.5. The molecule has 0 spiro atoms. The predicted molar refractivity (Wildman–Crippen MR) is 87.4 cm³/mol. The lowest BCUT2D eigenvalue weighted by Gasteiger charge is -2.32. The lowest BCUT2D eigenvalue weighted by atomic mass is 9.93. The van der Waals surface area contributed by atoms with Crippen LogP contribution in [0.5, 0.6) is 5.75 Å². The fourth-order valence-electron chi connectivity index (χ4n) is 2.76. The Morgan fingerprint density at radius 2 is 2.00 bits per heavy atom. The summed E-state index contributed by atoms with van der Waals surface area (Å²) in [6, 6.07) is 7.45. The molecule has 0 saturated carbocycles. The molecule has 4 nitrogen and oxygen atoms in total. The number of carbonyl (C=O) groups excluding carboxylic acids is 1.